The van der Waals surface area contributed by atoms with Gasteiger partial charge in [0.2, 0.25) is 0 Å². The van der Waals surface area contributed by atoms with E-state index in [-0.39, 0.29) is 0 Å². The molecule has 2 heterocycles. The van der Waals surface area contributed by atoms with Crippen LogP contribution in [0.15, 0.2) is 18.3 Å². The van der Waals surface area contributed by atoms with Gasteiger partial charge in [-0.1, -0.05) is 0 Å². The Hall–Kier alpha value is -0.800. The number of likely N-dealkylation sites (N-methyl/N-ethyl adjacent to an activating group) is 1. The molecule has 0 amide bonds. The van der Waals surface area contributed by atoms with Gasteiger partial charge in [-0.3, -0.25) is 0 Å². The fourth-order valence-electron chi connectivity index (χ4n) is 2.50. The van der Waals surface area contributed by atoms with E-state index in [1.54, 1.807) is 0 Å². The molecule has 1 unspecified atom stereocenters. The van der Waals surface area contributed by atoms with E-state index in [4.69, 9.17) is 0 Å². The Balaban J connectivity index is 1.82. The number of nitrogens with zero attached hydrogens (tertiary/aromatic N) is 2. The Morgan fingerprint density at radius 3 is 3.12 bits per heavy atom. The molecular formula is C13H23N3. The van der Waals surface area contributed by atoms with Crippen LogP contribution < -0.4 is 5.32 Å². The van der Waals surface area contributed by atoms with E-state index in [9.17, 15) is 0 Å². The molecule has 90 valence electrons. The predicted molar refractivity (Wildman–Crippen MR) is 67.5 cm³/mol. The third-order valence-corrected chi connectivity index (χ3v) is 3.46. The van der Waals surface area contributed by atoms with Crippen molar-refractivity contribution in [1.82, 2.24) is 14.8 Å². The number of hydrogen-bond donors (Lipinski definition) is 1. The van der Waals surface area contributed by atoms with Crippen LogP contribution in [0.5, 0.6) is 0 Å². The van der Waals surface area contributed by atoms with Gasteiger partial charge < -0.3 is 14.8 Å². The van der Waals surface area contributed by atoms with Crippen molar-refractivity contribution in [1.29, 1.82) is 0 Å². The lowest BCUT2D eigenvalue weighted by Gasteiger charge is -2.30. The number of nitrogens with one attached hydrogen (secondary N) is 1. The molecule has 1 atom stereocenters. The molecule has 0 saturated carbocycles. The van der Waals surface area contributed by atoms with Gasteiger partial charge in [0.05, 0.1) is 0 Å². The molecule has 0 aliphatic carbocycles. The van der Waals surface area contributed by atoms with Gasteiger partial charge in [0.1, 0.15) is 0 Å². The molecule has 3 nitrogen and oxygen atoms in total. The summed E-state index contributed by atoms with van der Waals surface area (Å²) in [5, 5.41) is 3.67. The van der Waals surface area contributed by atoms with Crippen molar-refractivity contribution in [3.05, 3.63) is 24.0 Å². The van der Waals surface area contributed by atoms with Gasteiger partial charge in [0.25, 0.3) is 0 Å². The van der Waals surface area contributed by atoms with Crippen LogP contribution in [0.25, 0.3) is 0 Å². The summed E-state index contributed by atoms with van der Waals surface area (Å²) in [5.41, 5.74) is 1.40. The third-order valence-electron chi connectivity index (χ3n) is 3.46. The van der Waals surface area contributed by atoms with E-state index in [2.05, 4.69) is 47.1 Å². The Labute approximate surface area is 98.4 Å². The molecule has 1 N–H and O–H groups in total. The molecule has 0 bridgehead atoms. The predicted octanol–water partition coefficient (Wildman–Crippen LogP) is 1.69. The molecule has 1 fully saturated rings. The standard InChI is InChI=1S/C13H23N3/c1-3-16-9-5-7-13(16)10-14-12-6-4-8-15(2)11-12/h5,7,9,12,14H,3-4,6,8,10-11H2,1-2H3. The summed E-state index contributed by atoms with van der Waals surface area (Å²) in [6.45, 7) is 6.70. The molecule has 0 radical (unpaired) electrons. The van der Waals surface area contributed by atoms with Gasteiger partial charge in [-0.15, -0.1) is 0 Å². The summed E-state index contributed by atoms with van der Waals surface area (Å²) in [4.78, 5) is 2.42. The van der Waals surface area contributed by atoms with Gasteiger partial charge in [-0.2, -0.15) is 0 Å². The highest BCUT2D eigenvalue weighted by molar-refractivity contribution is 5.07. The smallest absolute Gasteiger partial charge is 0.0362 e. The highest BCUT2D eigenvalue weighted by Crippen LogP contribution is 2.09. The van der Waals surface area contributed by atoms with Crippen LogP contribution in [-0.2, 0) is 13.1 Å². The van der Waals surface area contributed by atoms with Crippen LogP contribution in [0.2, 0.25) is 0 Å². The maximum absolute atomic E-state index is 3.67. The lowest BCUT2D eigenvalue weighted by molar-refractivity contribution is 0.226. The zero-order chi connectivity index (χ0) is 11.4. The van der Waals surface area contributed by atoms with Crippen molar-refractivity contribution in [3.8, 4) is 0 Å². The molecule has 1 saturated heterocycles. The first-order valence-corrected chi connectivity index (χ1v) is 6.35. The first kappa shape index (κ1) is 11.7. The summed E-state index contributed by atoms with van der Waals surface area (Å²) < 4.78 is 2.31. The summed E-state index contributed by atoms with van der Waals surface area (Å²) in [7, 11) is 2.21. The number of likely N-dealkylation sites (tertiary alicyclic amines) is 1. The van der Waals surface area contributed by atoms with E-state index in [1.807, 2.05) is 0 Å². The minimum Gasteiger partial charge on any atom is -0.351 e. The van der Waals surface area contributed by atoms with Gasteiger partial charge in [0, 0.05) is 37.6 Å². The van der Waals surface area contributed by atoms with E-state index < -0.39 is 0 Å². The SMILES string of the molecule is CCn1cccc1CNC1CCCN(C)C1. The van der Waals surface area contributed by atoms with Crippen molar-refractivity contribution in [2.75, 3.05) is 20.1 Å². The monoisotopic (exact) mass is 221 g/mol. The third kappa shape index (κ3) is 2.86. The zero-order valence-electron chi connectivity index (χ0n) is 10.4. The molecule has 2 rings (SSSR count). The van der Waals surface area contributed by atoms with Crippen LogP contribution in [0.3, 0.4) is 0 Å². The van der Waals surface area contributed by atoms with Gasteiger partial charge >= 0.3 is 0 Å². The maximum atomic E-state index is 3.67. The van der Waals surface area contributed by atoms with Crippen LogP contribution in [0.1, 0.15) is 25.5 Å². The van der Waals surface area contributed by atoms with Crippen molar-refractivity contribution in [3.63, 3.8) is 0 Å². The first-order chi connectivity index (χ1) is 7.79. The fourth-order valence-corrected chi connectivity index (χ4v) is 2.50. The highest BCUT2D eigenvalue weighted by Gasteiger charge is 2.16. The first-order valence-electron chi connectivity index (χ1n) is 6.35. The minimum absolute atomic E-state index is 0.666. The van der Waals surface area contributed by atoms with E-state index >= 15 is 0 Å². The number of aryl methyl sites for hydroxylation is 1. The second kappa shape index (κ2) is 5.51. The second-order valence-electron chi connectivity index (χ2n) is 4.77. The molecule has 1 aliphatic heterocycles. The quantitative estimate of drug-likeness (QED) is 0.835. The molecule has 16 heavy (non-hydrogen) atoms. The van der Waals surface area contributed by atoms with Crippen molar-refractivity contribution in [2.24, 2.45) is 0 Å². The Morgan fingerprint density at radius 2 is 2.38 bits per heavy atom. The number of hydrogen-bond acceptors (Lipinski definition) is 2. The molecule has 1 aliphatic rings. The van der Waals surface area contributed by atoms with Crippen LogP contribution in [0, 0.1) is 0 Å². The molecule has 0 spiro atoms. The van der Waals surface area contributed by atoms with Crippen molar-refractivity contribution < 1.29 is 0 Å². The summed E-state index contributed by atoms with van der Waals surface area (Å²) >= 11 is 0. The average molecular weight is 221 g/mol. The van der Waals surface area contributed by atoms with Gasteiger partial charge in [-0.25, -0.2) is 0 Å². The highest BCUT2D eigenvalue weighted by atomic mass is 15.1. The average Bonchev–Trinajstić information content (AvgIpc) is 2.74. The van der Waals surface area contributed by atoms with E-state index in [0.717, 1.165) is 13.1 Å². The maximum Gasteiger partial charge on any atom is 0.0362 e. The van der Waals surface area contributed by atoms with Gasteiger partial charge in [-0.05, 0) is 45.5 Å². The zero-order valence-corrected chi connectivity index (χ0v) is 10.4. The Bertz CT molecular complexity index is 319. The molecule has 0 aromatic carbocycles. The molecule has 3 heteroatoms. The summed E-state index contributed by atoms with van der Waals surface area (Å²) in [6, 6.07) is 5.01. The normalized spacial score (nSPS) is 22.5. The summed E-state index contributed by atoms with van der Waals surface area (Å²) in [5.74, 6) is 0. The largest absolute Gasteiger partial charge is 0.351 e. The minimum atomic E-state index is 0.666. The number of piperidine rings is 1. The van der Waals surface area contributed by atoms with Crippen molar-refractivity contribution in [2.45, 2.75) is 38.9 Å². The second-order valence-corrected chi connectivity index (χ2v) is 4.77. The topological polar surface area (TPSA) is 20.2 Å². The summed E-state index contributed by atoms with van der Waals surface area (Å²) in [6.07, 6.45) is 4.80. The Morgan fingerprint density at radius 1 is 1.50 bits per heavy atom. The lowest BCUT2D eigenvalue weighted by atomic mass is 10.1. The van der Waals surface area contributed by atoms with Crippen molar-refractivity contribution >= 4 is 0 Å². The number of aromatic nitrogens is 1. The van der Waals surface area contributed by atoms with Crippen LogP contribution in [-0.4, -0.2) is 35.6 Å². The van der Waals surface area contributed by atoms with Crippen LogP contribution in [0.4, 0.5) is 0 Å². The molecule has 1 aromatic heterocycles. The van der Waals surface area contributed by atoms with Gasteiger partial charge in [0.15, 0.2) is 0 Å². The van der Waals surface area contributed by atoms with E-state index in [1.165, 1.54) is 31.6 Å². The number of rotatable bonds is 4. The fraction of sp³-hybridized carbons (Fsp3) is 0.692. The molecular weight excluding hydrogens is 198 g/mol. The molecule has 1 aromatic rings. The Kier molecular flexibility index (Phi) is 4.02. The van der Waals surface area contributed by atoms with Crippen LogP contribution >= 0.6 is 0 Å². The van der Waals surface area contributed by atoms with E-state index in [0.29, 0.717) is 6.04 Å². The lowest BCUT2D eigenvalue weighted by Crippen LogP contribution is -2.43.